The fourth-order valence-corrected chi connectivity index (χ4v) is 2.15. The molecule has 3 N–H and O–H groups in total. The molecule has 0 radical (unpaired) electrons. The third kappa shape index (κ3) is 2.34. The van der Waals surface area contributed by atoms with Crippen molar-refractivity contribution in [2.45, 2.75) is 39.3 Å². The van der Waals surface area contributed by atoms with E-state index in [1.165, 1.54) is 5.56 Å². The molecular weight excluding hydrogens is 212 g/mol. The number of fused-ring (bicyclic) bond motifs is 1. The summed E-state index contributed by atoms with van der Waals surface area (Å²) in [5, 5.41) is 3.05. The number of hydrogen-bond donors (Lipinski definition) is 2. The third-order valence-corrected chi connectivity index (χ3v) is 3.29. The van der Waals surface area contributed by atoms with Crippen LogP contribution in [0, 0.1) is 5.41 Å². The second-order valence-electron chi connectivity index (χ2n) is 5.76. The Kier molecular flexibility index (Phi) is 2.96. The van der Waals surface area contributed by atoms with Crippen LogP contribution in [0.1, 0.15) is 37.9 Å². The molecule has 0 bridgehead atoms. The van der Waals surface area contributed by atoms with E-state index in [0.29, 0.717) is 0 Å². The van der Waals surface area contributed by atoms with E-state index in [2.05, 4.69) is 11.4 Å². The zero-order chi connectivity index (χ0) is 12.6. The van der Waals surface area contributed by atoms with Gasteiger partial charge in [-0.25, -0.2) is 0 Å². The molecule has 3 nitrogen and oxygen atoms in total. The largest absolute Gasteiger partial charge is 0.351 e. The zero-order valence-corrected chi connectivity index (χ0v) is 10.7. The summed E-state index contributed by atoms with van der Waals surface area (Å²) in [4.78, 5) is 12.0. The molecule has 92 valence electrons. The predicted octanol–water partition coefficient (Wildman–Crippen LogP) is 1.77. The molecule has 0 aliphatic heterocycles. The maximum absolute atomic E-state index is 12.0. The van der Waals surface area contributed by atoms with E-state index in [9.17, 15) is 4.79 Å². The van der Waals surface area contributed by atoms with Crippen LogP contribution in [0.5, 0.6) is 0 Å². The summed E-state index contributed by atoms with van der Waals surface area (Å²) in [6.07, 6.45) is 0.832. The minimum absolute atomic E-state index is 0.0270. The highest BCUT2D eigenvalue weighted by Gasteiger charge is 2.32. The Bertz CT molecular complexity index is 434. The van der Waals surface area contributed by atoms with E-state index >= 15 is 0 Å². The molecule has 1 aliphatic carbocycles. The van der Waals surface area contributed by atoms with Crippen molar-refractivity contribution >= 4 is 5.91 Å². The highest BCUT2D eigenvalue weighted by molar-refractivity contribution is 5.81. The van der Waals surface area contributed by atoms with Crippen LogP contribution in [0.3, 0.4) is 0 Å². The summed E-state index contributed by atoms with van der Waals surface area (Å²) >= 11 is 0. The summed E-state index contributed by atoms with van der Waals surface area (Å²) in [5.74, 6) is 0.0609. The van der Waals surface area contributed by atoms with Gasteiger partial charge in [-0.3, -0.25) is 4.79 Å². The molecule has 0 fully saturated rings. The van der Waals surface area contributed by atoms with Crippen molar-refractivity contribution in [1.82, 2.24) is 5.32 Å². The zero-order valence-electron chi connectivity index (χ0n) is 10.7. The third-order valence-electron chi connectivity index (χ3n) is 3.29. The molecule has 0 saturated carbocycles. The molecular formula is C14H20N2O. The van der Waals surface area contributed by atoms with Crippen molar-refractivity contribution in [2.24, 2.45) is 11.1 Å². The Hall–Kier alpha value is -1.35. The van der Waals surface area contributed by atoms with Crippen molar-refractivity contribution in [1.29, 1.82) is 0 Å². The first-order valence-corrected chi connectivity index (χ1v) is 6.04. The number of benzene rings is 1. The van der Waals surface area contributed by atoms with Gasteiger partial charge in [0.25, 0.3) is 0 Å². The average Bonchev–Trinajstić information content (AvgIpc) is 2.55. The monoisotopic (exact) mass is 232 g/mol. The highest BCUT2D eigenvalue weighted by Crippen LogP contribution is 2.29. The van der Waals surface area contributed by atoms with Gasteiger partial charge >= 0.3 is 0 Å². The fraction of sp³-hybridized carbons (Fsp3) is 0.500. The first-order chi connectivity index (χ1) is 7.89. The SMILES string of the molecule is CC(C)(C)C(=O)N[C@H]1Cc2ccccc2[C@@H]1N. The first-order valence-electron chi connectivity index (χ1n) is 6.04. The lowest BCUT2D eigenvalue weighted by molar-refractivity contribution is -0.129. The van der Waals surface area contributed by atoms with E-state index in [1.807, 2.05) is 39.0 Å². The van der Waals surface area contributed by atoms with Gasteiger partial charge in [-0.15, -0.1) is 0 Å². The van der Waals surface area contributed by atoms with Crippen molar-refractivity contribution < 1.29 is 4.79 Å². The van der Waals surface area contributed by atoms with Gasteiger partial charge in [-0.05, 0) is 17.5 Å². The quantitative estimate of drug-likeness (QED) is 0.775. The fourth-order valence-electron chi connectivity index (χ4n) is 2.15. The second-order valence-corrected chi connectivity index (χ2v) is 5.76. The van der Waals surface area contributed by atoms with Crippen LogP contribution in [0.25, 0.3) is 0 Å². The maximum atomic E-state index is 12.0. The smallest absolute Gasteiger partial charge is 0.225 e. The molecule has 1 aromatic carbocycles. The van der Waals surface area contributed by atoms with Gasteiger partial charge in [0.05, 0.1) is 12.1 Å². The maximum Gasteiger partial charge on any atom is 0.225 e. The lowest BCUT2D eigenvalue weighted by Gasteiger charge is -2.24. The summed E-state index contributed by atoms with van der Waals surface area (Å²) in [7, 11) is 0. The molecule has 0 saturated heterocycles. The predicted molar refractivity (Wildman–Crippen MR) is 68.5 cm³/mol. The van der Waals surface area contributed by atoms with E-state index in [1.54, 1.807) is 0 Å². The Morgan fingerprint density at radius 1 is 1.35 bits per heavy atom. The van der Waals surface area contributed by atoms with Gasteiger partial charge in [0.1, 0.15) is 0 Å². The highest BCUT2D eigenvalue weighted by atomic mass is 16.2. The molecule has 2 atom stereocenters. The lowest BCUT2D eigenvalue weighted by Crippen LogP contribution is -2.45. The average molecular weight is 232 g/mol. The Morgan fingerprint density at radius 3 is 2.59 bits per heavy atom. The second kappa shape index (κ2) is 4.15. The molecule has 0 unspecified atom stereocenters. The van der Waals surface area contributed by atoms with E-state index in [0.717, 1.165) is 12.0 Å². The number of hydrogen-bond acceptors (Lipinski definition) is 2. The van der Waals surface area contributed by atoms with Crippen LogP contribution in [-0.2, 0) is 11.2 Å². The number of carbonyl (C=O) groups excluding carboxylic acids is 1. The van der Waals surface area contributed by atoms with Gasteiger partial charge in [0.2, 0.25) is 5.91 Å². The van der Waals surface area contributed by atoms with Crippen molar-refractivity contribution in [3.63, 3.8) is 0 Å². The number of rotatable bonds is 1. The number of amides is 1. The summed E-state index contributed by atoms with van der Waals surface area (Å²) in [5.41, 5.74) is 8.21. The molecule has 1 amide bonds. The summed E-state index contributed by atoms with van der Waals surface area (Å²) in [6.45, 7) is 5.74. The van der Waals surface area contributed by atoms with Crippen LogP contribution in [-0.4, -0.2) is 11.9 Å². The van der Waals surface area contributed by atoms with Crippen molar-refractivity contribution in [2.75, 3.05) is 0 Å². The molecule has 2 rings (SSSR count). The normalized spacial score (nSPS) is 23.3. The number of nitrogens with two attached hydrogens (primary N) is 1. The van der Waals surface area contributed by atoms with Gasteiger partial charge < -0.3 is 11.1 Å². The van der Waals surface area contributed by atoms with E-state index in [4.69, 9.17) is 5.73 Å². The number of nitrogens with one attached hydrogen (secondary N) is 1. The Balaban J connectivity index is 2.11. The molecule has 0 spiro atoms. The van der Waals surface area contributed by atoms with E-state index in [-0.39, 0.29) is 23.4 Å². The van der Waals surface area contributed by atoms with Crippen molar-refractivity contribution in [3.8, 4) is 0 Å². The Labute approximate surface area is 102 Å². The van der Waals surface area contributed by atoms with Gasteiger partial charge in [-0.1, -0.05) is 45.0 Å². The van der Waals surface area contributed by atoms with Crippen LogP contribution in [0.2, 0.25) is 0 Å². The molecule has 3 heteroatoms. The van der Waals surface area contributed by atoms with Gasteiger partial charge in [0, 0.05) is 5.41 Å². The van der Waals surface area contributed by atoms with Crippen LogP contribution < -0.4 is 11.1 Å². The molecule has 0 heterocycles. The van der Waals surface area contributed by atoms with Crippen LogP contribution in [0.15, 0.2) is 24.3 Å². The minimum Gasteiger partial charge on any atom is -0.351 e. The van der Waals surface area contributed by atoms with Gasteiger partial charge in [-0.2, -0.15) is 0 Å². The minimum atomic E-state index is -0.367. The molecule has 17 heavy (non-hydrogen) atoms. The first kappa shape index (κ1) is 12.1. The van der Waals surface area contributed by atoms with Crippen LogP contribution in [0.4, 0.5) is 0 Å². The molecule has 0 aromatic heterocycles. The topological polar surface area (TPSA) is 55.1 Å². The standard InChI is InChI=1S/C14H20N2O/c1-14(2,3)13(17)16-11-8-9-6-4-5-7-10(9)12(11)15/h4-7,11-12H,8,15H2,1-3H3,(H,16,17)/t11-,12-/m0/s1. The van der Waals surface area contributed by atoms with Gasteiger partial charge in [0.15, 0.2) is 0 Å². The Morgan fingerprint density at radius 2 is 2.00 bits per heavy atom. The lowest BCUT2D eigenvalue weighted by atomic mass is 9.94. The summed E-state index contributed by atoms with van der Waals surface area (Å²) < 4.78 is 0. The molecule has 1 aliphatic rings. The van der Waals surface area contributed by atoms with Crippen molar-refractivity contribution in [3.05, 3.63) is 35.4 Å². The van der Waals surface area contributed by atoms with Crippen LogP contribution >= 0.6 is 0 Å². The van der Waals surface area contributed by atoms with E-state index < -0.39 is 0 Å². The summed E-state index contributed by atoms with van der Waals surface area (Å²) in [6, 6.07) is 8.07. The molecule has 1 aromatic rings. The number of carbonyl (C=O) groups is 1.